The first-order valence-corrected chi connectivity index (χ1v) is 6.94. The van der Waals surface area contributed by atoms with Crippen LogP contribution in [0.15, 0.2) is 23.6 Å². The van der Waals surface area contributed by atoms with Crippen LogP contribution in [0.2, 0.25) is 0 Å². The smallest absolute Gasteiger partial charge is 0.357 e. The summed E-state index contributed by atoms with van der Waals surface area (Å²) in [6.45, 7) is 6.23. The van der Waals surface area contributed by atoms with Crippen LogP contribution in [0.4, 0.5) is 10.8 Å². The van der Waals surface area contributed by atoms with E-state index >= 15 is 0 Å². The van der Waals surface area contributed by atoms with E-state index in [0.717, 1.165) is 5.69 Å². The van der Waals surface area contributed by atoms with Crippen LogP contribution in [0.1, 0.15) is 28.5 Å². The molecule has 0 atom stereocenters. The molecule has 5 heteroatoms. The Bertz CT molecular complexity index is 573. The van der Waals surface area contributed by atoms with Crippen molar-refractivity contribution in [3.8, 4) is 0 Å². The lowest BCUT2D eigenvalue weighted by atomic mass is 10.1. The molecule has 0 bridgehead atoms. The molecular weight excluding hydrogens is 260 g/mol. The van der Waals surface area contributed by atoms with Gasteiger partial charge in [-0.05, 0) is 44.0 Å². The largest absolute Gasteiger partial charge is 0.461 e. The van der Waals surface area contributed by atoms with Gasteiger partial charge in [-0.1, -0.05) is 6.07 Å². The number of hydrogen-bond donors (Lipinski definition) is 1. The number of carbonyl (C=O) groups excluding carboxylic acids is 1. The van der Waals surface area contributed by atoms with Crippen LogP contribution in [0, 0.1) is 13.8 Å². The lowest BCUT2D eigenvalue weighted by Crippen LogP contribution is -2.05. The number of rotatable bonds is 4. The number of benzene rings is 1. The van der Waals surface area contributed by atoms with Crippen molar-refractivity contribution >= 4 is 28.1 Å². The molecule has 100 valence electrons. The van der Waals surface area contributed by atoms with E-state index in [1.54, 1.807) is 12.3 Å². The van der Waals surface area contributed by atoms with E-state index in [9.17, 15) is 4.79 Å². The van der Waals surface area contributed by atoms with E-state index in [1.165, 1.54) is 22.5 Å². The summed E-state index contributed by atoms with van der Waals surface area (Å²) in [6, 6.07) is 6.19. The highest BCUT2D eigenvalue weighted by atomic mass is 32.1. The summed E-state index contributed by atoms with van der Waals surface area (Å²) >= 11 is 1.39. The van der Waals surface area contributed by atoms with Gasteiger partial charge in [0, 0.05) is 11.1 Å². The maximum atomic E-state index is 11.5. The van der Waals surface area contributed by atoms with Crippen molar-refractivity contribution in [3.05, 3.63) is 40.4 Å². The molecule has 2 aromatic rings. The normalized spacial score (nSPS) is 10.3. The molecule has 0 radical (unpaired) electrons. The SMILES string of the molecule is CCOC(=O)c1csc(Nc2cc(C)cc(C)c2)n1. The van der Waals surface area contributed by atoms with E-state index < -0.39 is 0 Å². The molecule has 4 nitrogen and oxygen atoms in total. The first kappa shape index (κ1) is 13.5. The molecule has 0 amide bonds. The molecule has 0 saturated heterocycles. The van der Waals surface area contributed by atoms with Gasteiger partial charge in [-0.25, -0.2) is 9.78 Å². The van der Waals surface area contributed by atoms with Gasteiger partial charge < -0.3 is 10.1 Å². The van der Waals surface area contributed by atoms with Crippen molar-refractivity contribution in [2.75, 3.05) is 11.9 Å². The van der Waals surface area contributed by atoms with Crippen molar-refractivity contribution in [1.29, 1.82) is 0 Å². The Morgan fingerprint density at radius 3 is 2.63 bits per heavy atom. The Kier molecular flexibility index (Phi) is 4.16. The lowest BCUT2D eigenvalue weighted by Gasteiger charge is -2.05. The number of carbonyl (C=O) groups is 1. The van der Waals surface area contributed by atoms with E-state index in [4.69, 9.17) is 4.74 Å². The van der Waals surface area contributed by atoms with Gasteiger partial charge in [0.25, 0.3) is 0 Å². The second-order valence-electron chi connectivity index (χ2n) is 4.26. The van der Waals surface area contributed by atoms with Gasteiger partial charge in [0.05, 0.1) is 6.61 Å². The monoisotopic (exact) mass is 276 g/mol. The second-order valence-corrected chi connectivity index (χ2v) is 5.12. The molecule has 0 saturated carbocycles. The van der Waals surface area contributed by atoms with E-state index in [1.807, 2.05) is 26.0 Å². The van der Waals surface area contributed by atoms with Crippen LogP contribution in [0.25, 0.3) is 0 Å². The molecule has 1 aromatic carbocycles. The molecule has 1 N–H and O–H groups in total. The zero-order valence-electron chi connectivity index (χ0n) is 11.2. The average molecular weight is 276 g/mol. The summed E-state index contributed by atoms with van der Waals surface area (Å²) in [5.41, 5.74) is 3.69. The minimum atomic E-state index is -0.382. The summed E-state index contributed by atoms with van der Waals surface area (Å²) in [6.07, 6.45) is 0. The van der Waals surface area contributed by atoms with Gasteiger partial charge in [-0.15, -0.1) is 11.3 Å². The molecule has 0 aliphatic rings. The van der Waals surface area contributed by atoms with Gasteiger partial charge in [0.2, 0.25) is 0 Å². The number of hydrogen-bond acceptors (Lipinski definition) is 5. The second kappa shape index (κ2) is 5.84. The number of esters is 1. The van der Waals surface area contributed by atoms with Gasteiger partial charge in [-0.2, -0.15) is 0 Å². The summed E-state index contributed by atoms with van der Waals surface area (Å²) < 4.78 is 4.91. The lowest BCUT2D eigenvalue weighted by molar-refractivity contribution is 0.0520. The Morgan fingerprint density at radius 1 is 1.32 bits per heavy atom. The number of aromatic nitrogens is 1. The third-order valence-corrected chi connectivity index (χ3v) is 3.22. The Balaban J connectivity index is 2.13. The maximum Gasteiger partial charge on any atom is 0.357 e. The summed E-state index contributed by atoms with van der Waals surface area (Å²) in [5, 5.41) is 5.59. The molecule has 1 aromatic heterocycles. The van der Waals surface area contributed by atoms with Crippen molar-refractivity contribution in [2.24, 2.45) is 0 Å². The van der Waals surface area contributed by atoms with Crippen LogP contribution in [-0.4, -0.2) is 17.6 Å². The van der Waals surface area contributed by atoms with E-state index in [0.29, 0.717) is 17.4 Å². The topological polar surface area (TPSA) is 51.2 Å². The molecular formula is C14H16N2O2S. The van der Waals surface area contributed by atoms with Gasteiger partial charge >= 0.3 is 5.97 Å². The number of thiazole rings is 1. The van der Waals surface area contributed by atoms with Gasteiger partial charge in [0.15, 0.2) is 10.8 Å². The van der Waals surface area contributed by atoms with Crippen LogP contribution < -0.4 is 5.32 Å². The molecule has 0 unspecified atom stereocenters. The molecule has 0 fully saturated rings. The predicted molar refractivity (Wildman–Crippen MR) is 77.3 cm³/mol. The molecule has 0 aliphatic heterocycles. The quantitative estimate of drug-likeness (QED) is 0.865. The summed E-state index contributed by atoms with van der Waals surface area (Å²) in [7, 11) is 0. The van der Waals surface area contributed by atoms with Crippen LogP contribution in [0.5, 0.6) is 0 Å². The number of anilines is 2. The number of nitrogens with zero attached hydrogens (tertiary/aromatic N) is 1. The van der Waals surface area contributed by atoms with Crippen molar-refractivity contribution in [2.45, 2.75) is 20.8 Å². The fourth-order valence-corrected chi connectivity index (χ4v) is 2.50. The Morgan fingerprint density at radius 2 is 2.00 bits per heavy atom. The summed E-state index contributed by atoms with van der Waals surface area (Å²) in [4.78, 5) is 15.7. The van der Waals surface area contributed by atoms with Crippen molar-refractivity contribution in [1.82, 2.24) is 4.98 Å². The van der Waals surface area contributed by atoms with E-state index in [-0.39, 0.29) is 5.97 Å². The number of ether oxygens (including phenoxy) is 1. The first-order valence-electron chi connectivity index (χ1n) is 6.06. The third-order valence-electron chi connectivity index (χ3n) is 2.46. The average Bonchev–Trinajstić information content (AvgIpc) is 2.76. The van der Waals surface area contributed by atoms with Gasteiger partial charge in [-0.3, -0.25) is 0 Å². The molecule has 19 heavy (non-hydrogen) atoms. The molecule has 1 heterocycles. The minimum absolute atomic E-state index is 0.346. The highest BCUT2D eigenvalue weighted by Crippen LogP contribution is 2.23. The Labute approximate surface area is 116 Å². The zero-order valence-corrected chi connectivity index (χ0v) is 12.0. The maximum absolute atomic E-state index is 11.5. The first-order chi connectivity index (χ1) is 9.08. The third kappa shape index (κ3) is 3.54. The zero-order chi connectivity index (χ0) is 13.8. The van der Waals surface area contributed by atoms with Crippen LogP contribution in [0.3, 0.4) is 0 Å². The number of nitrogens with one attached hydrogen (secondary N) is 1. The standard InChI is InChI=1S/C14H16N2O2S/c1-4-18-13(17)12-8-19-14(16-12)15-11-6-9(2)5-10(3)7-11/h5-8H,4H2,1-3H3,(H,15,16). The Hall–Kier alpha value is -1.88. The highest BCUT2D eigenvalue weighted by Gasteiger charge is 2.11. The van der Waals surface area contributed by atoms with Crippen molar-refractivity contribution < 1.29 is 9.53 Å². The van der Waals surface area contributed by atoms with Crippen molar-refractivity contribution in [3.63, 3.8) is 0 Å². The fraction of sp³-hybridized carbons (Fsp3) is 0.286. The summed E-state index contributed by atoms with van der Waals surface area (Å²) in [5.74, 6) is -0.382. The molecule has 0 aliphatic carbocycles. The van der Waals surface area contributed by atoms with Crippen LogP contribution in [-0.2, 0) is 4.74 Å². The fourth-order valence-electron chi connectivity index (χ4n) is 1.80. The molecule has 0 spiro atoms. The minimum Gasteiger partial charge on any atom is -0.461 e. The van der Waals surface area contributed by atoms with Gasteiger partial charge in [0.1, 0.15) is 0 Å². The highest BCUT2D eigenvalue weighted by molar-refractivity contribution is 7.14. The molecule has 2 rings (SSSR count). The van der Waals surface area contributed by atoms with E-state index in [2.05, 4.69) is 16.4 Å². The predicted octanol–water partition coefficient (Wildman–Crippen LogP) is 3.68. The van der Waals surface area contributed by atoms with Crippen LogP contribution >= 0.6 is 11.3 Å². The number of aryl methyl sites for hydroxylation is 2.